The van der Waals surface area contributed by atoms with Gasteiger partial charge in [-0.15, -0.1) is 0 Å². The molecule has 0 radical (unpaired) electrons. The summed E-state index contributed by atoms with van der Waals surface area (Å²) in [5, 5.41) is 3.84. The van der Waals surface area contributed by atoms with Crippen molar-refractivity contribution in [1.82, 2.24) is 5.32 Å². The third-order valence-corrected chi connectivity index (χ3v) is 2.84. The summed E-state index contributed by atoms with van der Waals surface area (Å²) < 4.78 is 9.40. The molecule has 1 N–H and O–H groups in total. The molecule has 114 valence electrons. The molecule has 2 amide bonds. The zero-order valence-electron chi connectivity index (χ0n) is 12.0. The molecule has 22 heavy (non-hydrogen) atoms. The standard InChI is InChI=1S/C16H15NO5/c1-2-21-16(20)17-14(18)10-22-15(19)13-8-7-11-5-3-4-6-12(11)9-13/h3-9H,2,10H2,1H3,(H,17,18,20). The van der Waals surface area contributed by atoms with Gasteiger partial charge in [0, 0.05) is 0 Å². The highest BCUT2D eigenvalue weighted by Crippen LogP contribution is 2.16. The van der Waals surface area contributed by atoms with Gasteiger partial charge in [-0.2, -0.15) is 0 Å². The first-order valence-electron chi connectivity index (χ1n) is 6.72. The molecular formula is C16H15NO5. The Morgan fingerprint density at radius 3 is 2.45 bits per heavy atom. The molecule has 0 fully saturated rings. The topological polar surface area (TPSA) is 81.7 Å². The molecule has 0 aliphatic heterocycles. The van der Waals surface area contributed by atoms with Crippen LogP contribution in [-0.4, -0.2) is 31.2 Å². The summed E-state index contributed by atoms with van der Waals surface area (Å²) >= 11 is 0. The fourth-order valence-corrected chi connectivity index (χ4v) is 1.85. The molecule has 0 heterocycles. The van der Waals surface area contributed by atoms with Crippen molar-refractivity contribution < 1.29 is 23.9 Å². The lowest BCUT2D eigenvalue weighted by Crippen LogP contribution is -2.34. The number of carbonyl (C=O) groups is 3. The second kappa shape index (κ2) is 7.21. The molecular weight excluding hydrogens is 286 g/mol. The van der Waals surface area contributed by atoms with Gasteiger partial charge in [0.05, 0.1) is 12.2 Å². The number of ether oxygens (including phenoxy) is 2. The highest BCUT2D eigenvalue weighted by Gasteiger charge is 2.13. The fraction of sp³-hybridized carbons (Fsp3) is 0.188. The SMILES string of the molecule is CCOC(=O)NC(=O)COC(=O)c1ccc2ccccc2c1. The van der Waals surface area contributed by atoms with Crippen molar-refractivity contribution in [3.63, 3.8) is 0 Å². The summed E-state index contributed by atoms with van der Waals surface area (Å²) in [5.74, 6) is -1.38. The number of rotatable bonds is 4. The van der Waals surface area contributed by atoms with Crippen LogP contribution in [-0.2, 0) is 14.3 Å². The van der Waals surface area contributed by atoms with E-state index in [4.69, 9.17) is 4.74 Å². The smallest absolute Gasteiger partial charge is 0.413 e. The third-order valence-electron chi connectivity index (χ3n) is 2.84. The van der Waals surface area contributed by atoms with E-state index in [9.17, 15) is 14.4 Å². The van der Waals surface area contributed by atoms with Crippen LogP contribution in [0.3, 0.4) is 0 Å². The average Bonchev–Trinajstić information content (AvgIpc) is 2.52. The lowest BCUT2D eigenvalue weighted by molar-refractivity contribution is -0.123. The molecule has 0 spiro atoms. The number of fused-ring (bicyclic) bond motifs is 1. The molecule has 0 bridgehead atoms. The molecule has 2 rings (SSSR count). The normalized spacial score (nSPS) is 10.0. The summed E-state index contributed by atoms with van der Waals surface area (Å²) in [6.45, 7) is 1.21. The van der Waals surface area contributed by atoms with E-state index in [1.54, 1.807) is 25.1 Å². The van der Waals surface area contributed by atoms with E-state index in [0.717, 1.165) is 10.8 Å². The minimum Gasteiger partial charge on any atom is -0.452 e. The number of hydrogen-bond donors (Lipinski definition) is 1. The molecule has 0 aliphatic rings. The van der Waals surface area contributed by atoms with Gasteiger partial charge in [0.15, 0.2) is 6.61 Å². The van der Waals surface area contributed by atoms with Gasteiger partial charge in [0.2, 0.25) is 0 Å². The zero-order chi connectivity index (χ0) is 15.9. The Bertz CT molecular complexity index is 711. The maximum Gasteiger partial charge on any atom is 0.413 e. The predicted octanol–water partition coefficient (Wildman–Crippen LogP) is 2.27. The van der Waals surface area contributed by atoms with Gasteiger partial charge in [0.25, 0.3) is 5.91 Å². The van der Waals surface area contributed by atoms with Crippen LogP contribution in [0.25, 0.3) is 10.8 Å². The largest absolute Gasteiger partial charge is 0.452 e. The van der Waals surface area contributed by atoms with Crippen molar-refractivity contribution >= 4 is 28.7 Å². The van der Waals surface area contributed by atoms with E-state index >= 15 is 0 Å². The van der Waals surface area contributed by atoms with E-state index < -0.39 is 24.6 Å². The lowest BCUT2D eigenvalue weighted by atomic mass is 10.1. The Kier molecular flexibility index (Phi) is 5.08. The Balaban J connectivity index is 1.93. The summed E-state index contributed by atoms with van der Waals surface area (Å²) in [5.41, 5.74) is 0.336. The predicted molar refractivity (Wildman–Crippen MR) is 79.4 cm³/mol. The molecule has 0 aliphatic carbocycles. The summed E-state index contributed by atoms with van der Waals surface area (Å²) in [6.07, 6.45) is -0.866. The lowest BCUT2D eigenvalue weighted by Gasteiger charge is -2.06. The van der Waals surface area contributed by atoms with Crippen LogP contribution in [0, 0.1) is 0 Å². The zero-order valence-corrected chi connectivity index (χ0v) is 12.0. The van der Waals surface area contributed by atoms with Crippen LogP contribution >= 0.6 is 0 Å². The van der Waals surface area contributed by atoms with Crippen molar-refractivity contribution in [3.05, 3.63) is 48.0 Å². The Morgan fingerprint density at radius 1 is 1.00 bits per heavy atom. The molecule has 0 aromatic heterocycles. The first kappa shape index (κ1) is 15.5. The molecule has 2 aromatic carbocycles. The highest BCUT2D eigenvalue weighted by molar-refractivity contribution is 5.97. The van der Waals surface area contributed by atoms with Gasteiger partial charge in [-0.05, 0) is 29.8 Å². The Morgan fingerprint density at radius 2 is 1.73 bits per heavy atom. The van der Waals surface area contributed by atoms with Crippen molar-refractivity contribution in [2.24, 2.45) is 0 Å². The molecule has 0 saturated heterocycles. The Labute approximate surface area is 127 Å². The van der Waals surface area contributed by atoms with Crippen molar-refractivity contribution in [3.8, 4) is 0 Å². The summed E-state index contributed by atoms with van der Waals surface area (Å²) in [4.78, 5) is 34.3. The van der Waals surface area contributed by atoms with Crippen LogP contribution in [0.15, 0.2) is 42.5 Å². The number of esters is 1. The van der Waals surface area contributed by atoms with Crippen LogP contribution < -0.4 is 5.32 Å². The van der Waals surface area contributed by atoms with Crippen LogP contribution in [0.5, 0.6) is 0 Å². The van der Waals surface area contributed by atoms with Crippen LogP contribution in [0.1, 0.15) is 17.3 Å². The molecule has 6 nitrogen and oxygen atoms in total. The molecule has 0 unspecified atom stereocenters. The molecule has 0 saturated carbocycles. The monoisotopic (exact) mass is 301 g/mol. The van der Waals surface area contributed by atoms with Gasteiger partial charge in [-0.1, -0.05) is 30.3 Å². The first-order chi connectivity index (χ1) is 10.6. The number of benzene rings is 2. The van der Waals surface area contributed by atoms with Crippen LogP contribution in [0.4, 0.5) is 4.79 Å². The Hall–Kier alpha value is -2.89. The van der Waals surface area contributed by atoms with Crippen molar-refractivity contribution in [2.75, 3.05) is 13.2 Å². The van der Waals surface area contributed by atoms with E-state index in [1.165, 1.54) is 0 Å². The first-order valence-corrected chi connectivity index (χ1v) is 6.72. The maximum atomic E-state index is 11.9. The number of alkyl carbamates (subject to hydrolysis) is 1. The van der Waals surface area contributed by atoms with E-state index in [2.05, 4.69) is 4.74 Å². The number of imide groups is 1. The van der Waals surface area contributed by atoms with Crippen molar-refractivity contribution in [1.29, 1.82) is 0 Å². The van der Waals surface area contributed by atoms with Gasteiger partial charge >= 0.3 is 12.1 Å². The second-order valence-electron chi connectivity index (χ2n) is 4.41. The number of nitrogens with one attached hydrogen (secondary N) is 1. The minimum absolute atomic E-state index is 0.149. The van der Waals surface area contributed by atoms with Gasteiger partial charge in [-0.3, -0.25) is 10.1 Å². The molecule has 2 aromatic rings. The molecule has 6 heteroatoms. The quantitative estimate of drug-likeness (QED) is 0.876. The van der Waals surface area contributed by atoms with Crippen LogP contribution in [0.2, 0.25) is 0 Å². The number of amides is 2. The highest BCUT2D eigenvalue weighted by atomic mass is 16.6. The van der Waals surface area contributed by atoms with E-state index in [-0.39, 0.29) is 6.61 Å². The average molecular weight is 301 g/mol. The van der Waals surface area contributed by atoms with E-state index in [1.807, 2.05) is 29.6 Å². The fourth-order valence-electron chi connectivity index (χ4n) is 1.85. The van der Waals surface area contributed by atoms with Crippen molar-refractivity contribution in [2.45, 2.75) is 6.92 Å². The van der Waals surface area contributed by atoms with Gasteiger partial charge in [-0.25, -0.2) is 9.59 Å². The van der Waals surface area contributed by atoms with Gasteiger partial charge < -0.3 is 9.47 Å². The maximum absolute atomic E-state index is 11.9. The summed E-state index contributed by atoms with van der Waals surface area (Å²) in [6, 6.07) is 12.7. The second-order valence-corrected chi connectivity index (χ2v) is 4.41. The summed E-state index contributed by atoms with van der Waals surface area (Å²) in [7, 11) is 0. The number of carbonyl (C=O) groups excluding carboxylic acids is 3. The van der Waals surface area contributed by atoms with E-state index in [0.29, 0.717) is 5.56 Å². The van der Waals surface area contributed by atoms with Gasteiger partial charge in [0.1, 0.15) is 0 Å². The minimum atomic E-state index is -0.866. The molecule has 0 atom stereocenters. The third kappa shape index (κ3) is 4.05. The number of hydrogen-bond acceptors (Lipinski definition) is 5.